The lowest BCUT2D eigenvalue weighted by atomic mass is 10.0. The summed E-state index contributed by atoms with van der Waals surface area (Å²) in [6.07, 6.45) is -7.20. The summed E-state index contributed by atoms with van der Waals surface area (Å²) in [5.41, 5.74) is 4.56. The molecule has 0 spiro atoms. The summed E-state index contributed by atoms with van der Waals surface area (Å²) in [7, 11) is -4.37. The predicted octanol–water partition coefficient (Wildman–Crippen LogP) is 3.67. The van der Waals surface area contributed by atoms with Gasteiger partial charge in [-0.2, -0.15) is 21.6 Å². The van der Waals surface area contributed by atoms with Crippen molar-refractivity contribution in [2.75, 3.05) is 0 Å². The van der Waals surface area contributed by atoms with Crippen molar-refractivity contribution in [3.63, 3.8) is 0 Å². The van der Waals surface area contributed by atoms with Crippen LogP contribution in [0, 0.1) is 0 Å². The molecule has 2 aromatic rings. The van der Waals surface area contributed by atoms with Crippen molar-refractivity contribution in [2.24, 2.45) is 5.73 Å². The van der Waals surface area contributed by atoms with Crippen molar-refractivity contribution in [2.45, 2.75) is 18.0 Å². The van der Waals surface area contributed by atoms with Crippen LogP contribution in [0.25, 0.3) is 0 Å². The Balaban J connectivity index is 1.81. The Morgan fingerprint density at radius 2 is 1.72 bits per heavy atom. The SMILES string of the molecule is [2H][C@]1(c2ccc(C(F)(F)F)cc2)OC(N)=C(OS(=O)(=O)Cc2ccc(Cl)cc2)C1=O. The molecule has 1 aliphatic heterocycles. The Labute approximate surface area is 170 Å². The van der Waals surface area contributed by atoms with Crippen LogP contribution in [0.4, 0.5) is 13.2 Å². The van der Waals surface area contributed by atoms with Crippen LogP contribution in [0.3, 0.4) is 0 Å². The number of carbonyl (C=O) groups excluding carboxylic acids is 1. The predicted molar refractivity (Wildman–Crippen MR) is 96.7 cm³/mol. The van der Waals surface area contributed by atoms with Crippen LogP contribution in [0.1, 0.15) is 24.1 Å². The lowest BCUT2D eigenvalue weighted by Gasteiger charge is -2.12. The summed E-state index contributed by atoms with van der Waals surface area (Å²) in [6, 6.07) is 8.85. The third kappa shape index (κ3) is 4.83. The first-order chi connectivity index (χ1) is 13.8. The first-order valence-electron chi connectivity index (χ1n) is 8.40. The van der Waals surface area contributed by atoms with Crippen molar-refractivity contribution in [3.05, 3.63) is 81.9 Å². The maximum atomic E-state index is 12.7. The molecule has 0 radical (unpaired) electrons. The lowest BCUT2D eigenvalue weighted by Crippen LogP contribution is -2.16. The van der Waals surface area contributed by atoms with Crippen LogP contribution in [-0.4, -0.2) is 14.2 Å². The zero-order valence-electron chi connectivity index (χ0n) is 15.4. The molecule has 1 heterocycles. The van der Waals surface area contributed by atoms with E-state index in [2.05, 4.69) is 0 Å². The van der Waals surface area contributed by atoms with Crippen LogP contribution in [0.5, 0.6) is 0 Å². The molecular formula is C18H13ClF3NO5S. The highest BCUT2D eigenvalue weighted by atomic mass is 35.5. The summed E-state index contributed by atoms with van der Waals surface area (Å²) >= 11 is 5.73. The number of carbonyl (C=O) groups is 1. The van der Waals surface area contributed by atoms with Crippen LogP contribution < -0.4 is 5.73 Å². The molecule has 154 valence electrons. The molecule has 3 rings (SSSR count). The Hall–Kier alpha value is -2.72. The average molecular weight is 449 g/mol. The van der Waals surface area contributed by atoms with E-state index in [0.717, 1.165) is 12.1 Å². The minimum Gasteiger partial charge on any atom is -0.460 e. The number of nitrogens with two attached hydrogens (primary N) is 1. The Morgan fingerprint density at radius 3 is 2.28 bits per heavy atom. The molecule has 2 aromatic carbocycles. The zero-order chi connectivity index (χ0) is 22.3. The molecule has 0 aliphatic carbocycles. The van der Waals surface area contributed by atoms with Gasteiger partial charge in [0.25, 0.3) is 0 Å². The van der Waals surface area contributed by atoms with E-state index in [4.69, 9.17) is 27.6 Å². The second-order valence-electron chi connectivity index (χ2n) is 5.94. The molecule has 29 heavy (non-hydrogen) atoms. The minimum absolute atomic E-state index is 0.280. The van der Waals surface area contributed by atoms with Crippen LogP contribution in [-0.2, 0) is 35.8 Å². The highest BCUT2D eigenvalue weighted by Gasteiger charge is 2.40. The van der Waals surface area contributed by atoms with Crippen molar-refractivity contribution in [3.8, 4) is 0 Å². The first kappa shape index (κ1) is 19.6. The van der Waals surface area contributed by atoms with E-state index in [1.807, 2.05) is 0 Å². The van der Waals surface area contributed by atoms with Crippen LogP contribution in [0.2, 0.25) is 5.02 Å². The molecule has 0 amide bonds. The lowest BCUT2D eigenvalue weighted by molar-refractivity contribution is -0.137. The van der Waals surface area contributed by atoms with Crippen LogP contribution in [0.15, 0.2) is 60.2 Å². The molecule has 6 nitrogen and oxygen atoms in total. The Bertz CT molecular complexity index is 1120. The van der Waals surface area contributed by atoms with Gasteiger partial charge in [0.2, 0.25) is 17.4 Å². The Kier molecular flexibility index (Phi) is 5.13. The second-order valence-corrected chi connectivity index (χ2v) is 7.95. The van der Waals surface area contributed by atoms with E-state index >= 15 is 0 Å². The molecule has 0 fully saturated rings. The second kappa shape index (κ2) is 7.60. The highest BCUT2D eigenvalue weighted by molar-refractivity contribution is 7.86. The molecule has 2 N–H and O–H groups in total. The van der Waals surface area contributed by atoms with Crippen molar-refractivity contribution in [1.82, 2.24) is 0 Å². The van der Waals surface area contributed by atoms with E-state index in [1.165, 1.54) is 24.3 Å². The number of ketones is 1. The average Bonchev–Trinajstić information content (AvgIpc) is 2.87. The number of alkyl halides is 3. The molecule has 0 bridgehead atoms. The summed E-state index contributed by atoms with van der Waals surface area (Å²) in [4.78, 5) is 12.6. The zero-order valence-corrected chi connectivity index (χ0v) is 15.9. The maximum Gasteiger partial charge on any atom is 0.416 e. The number of hydrogen-bond acceptors (Lipinski definition) is 6. The van der Waals surface area contributed by atoms with Gasteiger partial charge in [-0.15, -0.1) is 0 Å². The van der Waals surface area contributed by atoms with E-state index in [0.29, 0.717) is 22.7 Å². The quantitative estimate of drug-likeness (QED) is 0.701. The molecule has 0 unspecified atom stereocenters. The summed E-state index contributed by atoms with van der Waals surface area (Å²) in [5.74, 6) is -3.58. The third-order valence-corrected chi connectivity index (χ3v) is 5.15. The van der Waals surface area contributed by atoms with Gasteiger partial charge in [-0.05, 0) is 29.8 Å². The van der Waals surface area contributed by atoms with Crippen molar-refractivity contribution < 1.29 is 36.7 Å². The van der Waals surface area contributed by atoms with Gasteiger partial charge in [0.05, 0.1) is 6.93 Å². The van der Waals surface area contributed by atoms with E-state index in [1.54, 1.807) is 0 Å². The normalized spacial score (nSPS) is 20.4. The molecule has 1 atom stereocenters. The highest BCUT2D eigenvalue weighted by Crippen LogP contribution is 2.35. The van der Waals surface area contributed by atoms with Gasteiger partial charge in [0.15, 0.2) is 6.08 Å². The van der Waals surface area contributed by atoms with E-state index in [9.17, 15) is 26.4 Å². The number of ether oxygens (including phenoxy) is 1. The van der Waals surface area contributed by atoms with Gasteiger partial charge >= 0.3 is 16.3 Å². The number of hydrogen-bond donors (Lipinski definition) is 1. The molecular weight excluding hydrogens is 435 g/mol. The third-order valence-electron chi connectivity index (χ3n) is 3.79. The van der Waals surface area contributed by atoms with Crippen molar-refractivity contribution >= 4 is 27.5 Å². The van der Waals surface area contributed by atoms with E-state index < -0.39 is 51.1 Å². The molecule has 0 saturated heterocycles. The first-order valence-corrected chi connectivity index (χ1v) is 9.85. The van der Waals surface area contributed by atoms with Gasteiger partial charge in [-0.25, -0.2) is 0 Å². The van der Waals surface area contributed by atoms with Crippen molar-refractivity contribution in [1.29, 1.82) is 0 Å². The largest absolute Gasteiger partial charge is 0.460 e. The topological polar surface area (TPSA) is 95.7 Å². The number of halogens is 4. The number of benzene rings is 2. The van der Waals surface area contributed by atoms with Gasteiger partial charge < -0.3 is 14.7 Å². The molecule has 0 aromatic heterocycles. The maximum absolute atomic E-state index is 12.7. The summed E-state index contributed by atoms with van der Waals surface area (Å²) in [5, 5.41) is 0.388. The van der Waals surface area contributed by atoms with Gasteiger partial charge in [0.1, 0.15) is 5.75 Å². The number of Topliss-reactive ketones (excluding diaryl/α,β-unsaturated/α-hetero) is 1. The fraction of sp³-hybridized carbons (Fsp3) is 0.167. The fourth-order valence-corrected chi connectivity index (χ4v) is 3.64. The molecule has 0 saturated carbocycles. The molecule has 1 aliphatic rings. The van der Waals surface area contributed by atoms with Gasteiger partial charge in [0, 0.05) is 10.6 Å². The van der Waals surface area contributed by atoms with Gasteiger partial charge in [-0.1, -0.05) is 35.9 Å². The molecule has 11 heteroatoms. The monoisotopic (exact) mass is 448 g/mol. The van der Waals surface area contributed by atoms with Gasteiger partial charge in [-0.3, -0.25) is 4.79 Å². The minimum atomic E-state index is -4.62. The van der Waals surface area contributed by atoms with Crippen LogP contribution >= 0.6 is 11.6 Å². The number of rotatable bonds is 5. The van der Waals surface area contributed by atoms with E-state index in [-0.39, 0.29) is 5.56 Å². The Morgan fingerprint density at radius 1 is 1.14 bits per heavy atom. The smallest absolute Gasteiger partial charge is 0.416 e. The summed E-state index contributed by atoms with van der Waals surface area (Å²) in [6.45, 7) is 0. The summed E-state index contributed by atoms with van der Waals surface area (Å²) < 4.78 is 80.7. The fourth-order valence-electron chi connectivity index (χ4n) is 2.44. The standard InChI is InChI=1S/C18H13ClF3NO5S/c19-13-7-1-10(2-8-13)9-29(25,26)28-16-14(24)15(27-17(16)23)11-3-5-12(6-4-11)18(20,21)22/h1-8,15H,9,23H2/t15-/m1/s1/i15D.